The summed E-state index contributed by atoms with van der Waals surface area (Å²) in [6.07, 6.45) is 0. The summed E-state index contributed by atoms with van der Waals surface area (Å²) in [5, 5.41) is 0. The number of benzene rings is 3. The van der Waals surface area contributed by atoms with E-state index in [1.165, 1.54) is 5.56 Å². The number of rotatable bonds is 0. The summed E-state index contributed by atoms with van der Waals surface area (Å²) in [7, 11) is 2.11. The predicted molar refractivity (Wildman–Crippen MR) is 113 cm³/mol. The molecule has 29 heavy (non-hydrogen) atoms. The first-order valence-electron chi connectivity index (χ1n) is 9.70. The highest BCUT2D eigenvalue weighted by Gasteiger charge is 2.28. The van der Waals surface area contributed by atoms with E-state index in [0.717, 1.165) is 50.4 Å². The maximum Gasteiger partial charge on any atom is 0.380 e. The minimum Gasteiger partial charge on any atom is -0.229 e. The predicted octanol–water partition coefficient (Wildman–Crippen LogP) is 3.83. The van der Waals surface area contributed by atoms with Crippen molar-refractivity contribution in [3.63, 3.8) is 0 Å². The van der Waals surface area contributed by atoms with Gasteiger partial charge in [0, 0.05) is 0 Å². The Kier molecular flexibility index (Phi) is 2.55. The molecular weight excluding hydrogens is 360 g/mol. The Balaban J connectivity index is 1.98. The van der Waals surface area contributed by atoms with Gasteiger partial charge >= 0.3 is 5.78 Å². The first-order chi connectivity index (χ1) is 14.2. The van der Waals surface area contributed by atoms with Crippen molar-refractivity contribution in [3.8, 4) is 0 Å². The molecule has 0 aliphatic carbocycles. The average molecular weight is 377 g/mol. The van der Waals surface area contributed by atoms with E-state index < -0.39 is 0 Å². The van der Waals surface area contributed by atoms with E-state index in [-0.39, 0.29) is 0 Å². The zero-order valence-corrected chi connectivity index (χ0v) is 16.0. The van der Waals surface area contributed by atoms with Crippen LogP contribution in [0.4, 0.5) is 0 Å². The highest BCUT2D eigenvalue weighted by atomic mass is 15.3. The summed E-state index contributed by atoms with van der Waals surface area (Å²) in [6, 6.07) is 23.0. The number of fused-ring (bicyclic) bond motifs is 12. The highest BCUT2D eigenvalue weighted by molar-refractivity contribution is 5.90. The first-order valence-corrected chi connectivity index (χ1v) is 9.70. The Morgan fingerprint density at radius 1 is 0.690 bits per heavy atom. The van der Waals surface area contributed by atoms with Crippen LogP contribution in [0.25, 0.3) is 50.4 Å². The first kappa shape index (κ1) is 15.0. The topological polar surface area (TPSA) is 42.9 Å². The van der Waals surface area contributed by atoms with Crippen LogP contribution in [0.1, 0.15) is 5.56 Å². The van der Waals surface area contributed by atoms with Gasteiger partial charge in [-0.2, -0.15) is 18.8 Å². The van der Waals surface area contributed by atoms with Gasteiger partial charge in [-0.05, 0) is 42.8 Å². The molecule has 6 heteroatoms. The minimum absolute atomic E-state index is 0.874. The molecule has 138 valence electrons. The molecule has 3 aromatic carbocycles. The number of hydrogen-bond acceptors (Lipinski definition) is 2. The molecule has 0 radical (unpaired) electrons. The van der Waals surface area contributed by atoms with Gasteiger partial charge < -0.3 is 0 Å². The summed E-state index contributed by atoms with van der Waals surface area (Å²) in [5.74, 6) is 2.79. The molecule has 0 saturated carbocycles. The molecule has 6 nitrogen and oxygen atoms in total. The fourth-order valence-electron chi connectivity index (χ4n) is 4.73. The number of nitrogens with zero attached hydrogens (tertiary/aromatic N) is 6. The molecular formula is C23H17N6+. The third-order valence-corrected chi connectivity index (χ3v) is 5.99. The summed E-state index contributed by atoms with van der Waals surface area (Å²) >= 11 is 0. The maximum absolute atomic E-state index is 5.05. The van der Waals surface area contributed by atoms with Crippen molar-refractivity contribution in [3.05, 3.63) is 72.3 Å². The molecule has 0 fully saturated rings. The molecule has 0 bridgehead atoms. The van der Waals surface area contributed by atoms with Crippen molar-refractivity contribution >= 4 is 50.4 Å². The monoisotopic (exact) mass is 377 g/mol. The highest BCUT2D eigenvalue weighted by Crippen LogP contribution is 2.28. The molecule has 0 saturated heterocycles. The third kappa shape index (κ3) is 1.66. The Morgan fingerprint density at radius 2 is 1.38 bits per heavy atom. The van der Waals surface area contributed by atoms with Crippen LogP contribution in [0.15, 0.2) is 66.7 Å². The number of aromatic nitrogens is 6. The van der Waals surface area contributed by atoms with Gasteiger partial charge in [-0.15, -0.1) is 0 Å². The standard InChI is InChI=1S/C23H17N6/c1-14-8-7-10-16-20(14)29-22(25-16)27-17-11-4-3-9-15(17)24-21(27)28-19-13-6-5-12-18(19)26(2)23(28)29/h3-13H,1-2H3/q+1. The molecule has 4 heterocycles. The van der Waals surface area contributed by atoms with Gasteiger partial charge in [0.05, 0.1) is 18.1 Å². The van der Waals surface area contributed by atoms with Gasteiger partial charge in [0.2, 0.25) is 0 Å². The average Bonchev–Trinajstić information content (AvgIpc) is 3.39. The van der Waals surface area contributed by atoms with Crippen molar-refractivity contribution in [1.82, 2.24) is 23.2 Å². The molecule has 0 N–H and O–H groups in total. The number of para-hydroxylation sites is 5. The largest absolute Gasteiger partial charge is 0.380 e. The molecule has 7 rings (SSSR count). The van der Waals surface area contributed by atoms with Gasteiger partial charge in [0.1, 0.15) is 22.1 Å². The lowest BCUT2D eigenvalue weighted by Gasteiger charge is -2.01. The van der Waals surface area contributed by atoms with Crippen LogP contribution in [-0.4, -0.2) is 23.2 Å². The zero-order valence-electron chi connectivity index (χ0n) is 16.0. The summed E-state index contributed by atoms with van der Waals surface area (Å²) in [6.45, 7) is 2.14. The van der Waals surface area contributed by atoms with E-state index in [0.29, 0.717) is 0 Å². The molecule has 7 aromatic rings. The fourth-order valence-corrected chi connectivity index (χ4v) is 4.73. The van der Waals surface area contributed by atoms with Crippen LogP contribution >= 0.6 is 0 Å². The van der Waals surface area contributed by atoms with Gasteiger partial charge in [-0.25, -0.2) is 8.97 Å². The summed E-state index contributed by atoms with van der Waals surface area (Å²) in [5.41, 5.74) is 7.62. The van der Waals surface area contributed by atoms with E-state index in [9.17, 15) is 0 Å². The Hall–Kier alpha value is -3.93. The fraction of sp³-hybridized carbons (Fsp3) is 0.0870. The second-order valence-corrected chi connectivity index (χ2v) is 7.61. The summed E-state index contributed by atoms with van der Waals surface area (Å²) < 4.78 is 8.92. The minimum atomic E-state index is 0.874. The lowest BCUT2D eigenvalue weighted by molar-refractivity contribution is -0.620. The van der Waals surface area contributed by atoms with E-state index in [1.807, 2.05) is 6.07 Å². The van der Waals surface area contributed by atoms with Crippen molar-refractivity contribution in [2.75, 3.05) is 0 Å². The molecule has 0 amide bonds. The SMILES string of the molecule is Cc1cccc2nc3n4c5ccccc5nc4n4c5ccccc5[n+](C)c4n3c12. The number of hydrogen-bond donors (Lipinski definition) is 0. The molecule has 0 aliphatic heterocycles. The van der Waals surface area contributed by atoms with E-state index in [4.69, 9.17) is 9.97 Å². The zero-order chi connectivity index (χ0) is 19.3. The normalized spacial score (nSPS) is 12.5. The van der Waals surface area contributed by atoms with Crippen molar-refractivity contribution in [1.29, 1.82) is 0 Å². The molecule has 0 unspecified atom stereocenters. The molecule has 0 aliphatic rings. The van der Waals surface area contributed by atoms with Crippen LogP contribution in [0.3, 0.4) is 0 Å². The number of imidazole rings is 3. The van der Waals surface area contributed by atoms with Crippen LogP contribution in [0, 0.1) is 6.92 Å². The third-order valence-electron chi connectivity index (χ3n) is 5.99. The smallest absolute Gasteiger partial charge is 0.229 e. The van der Waals surface area contributed by atoms with Crippen molar-refractivity contribution < 1.29 is 4.57 Å². The van der Waals surface area contributed by atoms with Crippen LogP contribution in [-0.2, 0) is 7.05 Å². The summed E-state index contributed by atoms with van der Waals surface area (Å²) in [4.78, 5) is 10.1. The molecule has 4 aromatic heterocycles. The van der Waals surface area contributed by atoms with Crippen LogP contribution in [0.2, 0.25) is 0 Å². The van der Waals surface area contributed by atoms with Crippen molar-refractivity contribution in [2.24, 2.45) is 7.05 Å². The Labute approximate surface area is 164 Å². The lowest BCUT2D eigenvalue weighted by Crippen LogP contribution is -2.30. The quantitative estimate of drug-likeness (QED) is 0.377. The maximum atomic E-state index is 5.05. The lowest BCUT2D eigenvalue weighted by atomic mass is 10.2. The van der Waals surface area contributed by atoms with E-state index in [2.05, 4.69) is 92.4 Å². The van der Waals surface area contributed by atoms with E-state index in [1.54, 1.807) is 0 Å². The second-order valence-electron chi connectivity index (χ2n) is 7.61. The molecule has 0 spiro atoms. The van der Waals surface area contributed by atoms with Crippen LogP contribution < -0.4 is 4.57 Å². The molecule has 0 atom stereocenters. The van der Waals surface area contributed by atoms with Crippen molar-refractivity contribution in [2.45, 2.75) is 6.92 Å². The van der Waals surface area contributed by atoms with Gasteiger partial charge in [0.25, 0.3) is 11.6 Å². The van der Waals surface area contributed by atoms with E-state index >= 15 is 0 Å². The Morgan fingerprint density at radius 3 is 2.28 bits per heavy atom. The number of aryl methyl sites for hydroxylation is 2. The Bertz CT molecular complexity index is 1780. The van der Waals surface area contributed by atoms with Gasteiger partial charge in [-0.1, -0.05) is 36.4 Å². The van der Waals surface area contributed by atoms with Gasteiger partial charge in [-0.3, -0.25) is 0 Å². The second kappa shape index (κ2) is 4.91. The van der Waals surface area contributed by atoms with Gasteiger partial charge in [0.15, 0.2) is 0 Å². The van der Waals surface area contributed by atoms with Crippen LogP contribution in [0.5, 0.6) is 0 Å².